The number of aromatic amines is 1. The van der Waals surface area contributed by atoms with Crippen molar-refractivity contribution in [3.05, 3.63) is 53.6 Å². The van der Waals surface area contributed by atoms with Crippen LogP contribution in [0.25, 0.3) is 0 Å². The van der Waals surface area contributed by atoms with E-state index in [-0.39, 0.29) is 0 Å². The Morgan fingerprint density at radius 2 is 2.19 bits per heavy atom. The third-order valence-electron chi connectivity index (χ3n) is 3.92. The summed E-state index contributed by atoms with van der Waals surface area (Å²) in [7, 11) is 0. The van der Waals surface area contributed by atoms with Crippen LogP contribution in [-0.4, -0.2) is 40.5 Å². The van der Waals surface area contributed by atoms with Gasteiger partial charge in [-0.25, -0.2) is 4.98 Å². The van der Waals surface area contributed by atoms with Crippen LogP contribution in [-0.2, 0) is 13.0 Å². The van der Waals surface area contributed by atoms with E-state index in [1.54, 1.807) is 6.20 Å². The van der Waals surface area contributed by atoms with Crippen LogP contribution in [0.5, 0.6) is 0 Å². The molecule has 2 aromatic rings. The number of hydrogen-bond acceptors (Lipinski definition) is 4. The van der Waals surface area contributed by atoms with Gasteiger partial charge in [-0.15, -0.1) is 0 Å². The number of piperazine rings is 1. The lowest BCUT2D eigenvalue weighted by atomic mass is 10.1. The molecule has 1 aromatic carbocycles. The maximum atomic E-state index is 8.86. The van der Waals surface area contributed by atoms with Crippen molar-refractivity contribution in [1.29, 1.82) is 5.26 Å². The topological polar surface area (TPSA) is 67.7 Å². The molecule has 0 bridgehead atoms. The fourth-order valence-corrected chi connectivity index (χ4v) is 2.76. The number of nitriles is 1. The lowest BCUT2D eigenvalue weighted by molar-refractivity contribution is 0.150. The Morgan fingerprint density at radius 3 is 2.90 bits per heavy atom. The Bertz CT molecular complexity index is 597. The molecule has 2 N–H and O–H groups in total. The van der Waals surface area contributed by atoms with Gasteiger partial charge in [0.1, 0.15) is 5.82 Å². The van der Waals surface area contributed by atoms with Crippen molar-refractivity contribution >= 4 is 0 Å². The largest absolute Gasteiger partial charge is 0.349 e. The third kappa shape index (κ3) is 3.48. The van der Waals surface area contributed by atoms with Crippen LogP contribution in [0.3, 0.4) is 0 Å². The van der Waals surface area contributed by atoms with Crippen LogP contribution in [0.2, 0.25) is 0 Å². The molecule has 0 saturated carbocycles. The van der Waals surface area contributed by atoms with Crippen LogP contribution < -0.4 is 5.32 Å². The van der Waals surface area contributed by atoms with E-state index < -0.39 is 0 Å². The van der Waals surface area contributed by atoms with Gasteiger partial charge in [-0.2, -0.15) is 5.26 Å². The quantitative estimate of drug-likeness (QED) is 0.886. The average Bonchev–Trinajstić information content (AvgIpc) is 3.03. The summed E-state index contributed by atoms with van der Waals surface area (Å²) < 4.78 is 0. The molecule has 108 valence electrons. The predicted octanol–water partition coefficient (Wildman–Crippen LogP) is 1.30. The molecule has 0 spiro atoms. The first-order chi connectivity index (χ1) is 10.3. The highest BCUT2D eigenvalue weighted by Crippen LogP contribution is 2.14. The number of nitrogens with one attached hydrogen (secondary N) is 2. The fraction of sp³-hybridized carbons (Fsp3) is 0.375. The molecular weight excluding hydrogens is 262 g/mol. The standard InChI is InChI=1S/C16H19N5/c17-10-13-1-3-14(4-2-13)12-21-8-7-18-11-15(21)9-16-19-5-6-20-16/h1-6,15,18H,7-9,11-12H2,(H,19,20). The van der Waals surface area contributed by atoms with E-state index in [4.69, 9.17) is 5.26 Å². The van der Waals surface area contributed by atoms with Gasteiger partial charge in [0.15, 0.2) is 0 Å². The van der Waals surface area contributed by atoms with Crippen molar-refractivity contribution in [3.63, 3.8) is 0 Å². The van der Waals surface area contributed by atoms with Gasteiger partial charge >= 0.3 is 0 Å². The molecule has 0 radical (unpaired) electrons. The highest BCUT2D eigenvalue weighted by Gasteiger charge is 2.23. The third-order valence-corrected chi connectivity index (χ3v) is 3.92. The van der Waals surface area contributed by atoms with E-state index in [0.717, 1.165) is 38.4 Å². The maximum Gasteiger partial charge on any atom is 0.107 e. The summed E-state index contributed by atoms with van der Waals surface area (Å²) in [4.78, 5) is 10.00. The Balaban J connectivity index is 1.67. The van der Waals surface area contributed by atoms with Crippen LogP contribution >= 0.6 is 0 Å². The summed E-state index contributed by atoms with van der Waals surface area (Å²) in [6, 6.07) is 10.5. The van der Waals surface area contributed by atoms with Gasteiger partial charge in [-0.05, 0) is 17.7 Å². The molecule has 1 aliphatic rings. The van der Waals surface area contributed by atoms with E-state index in [2.05, 4.69) is 26.3 Å². The molecule has 1 aromatic heterocycles. The Kier molecular flexibility index (Phi) is 4.29. The van der Waals surface area contributed by atoms with Crippen molar-refractivity contribution < 1.29 is 0 Å². The minimum atomic E-state index is 0.445. The van der Waals surface area contributed by atoms with Crippen LogP contribution in [0.4, 0.5) is 0 Å². The van der Waals surface area contributed by atoms with E-state index >= 15 is 0 Å². The lowest BCUT2D eigenvalue weighted by Gasteiger charge is -2.36. The zero-order valence-corrected chi connectivity index (χ0v) is 11.9. The van der Waals surface area contributed by atoms with Crippen LogP contribution in [0, 0.1) is 11.3 Å². The zero-order valence-electron chi connectivity index (χ0n) is 11.9. The molecule has 21 heavy (non-hydrogen) atoms. The number of hydrogen-bond donors (Lipinski definition) is 2. The predicted molar refractivity (Wildman–Crippen MR) is 80.5 cm³/mol. The Labute approximate surface area is 124 Å². The molecule has 5 heteroatoms. The van der Waals surface area contributed by atoms with E-state index in [0.29, 0.717) is 11.6 Å². The van der Waals surface area contributed by atoms with Crippen molar-refractivity contribution in [3.8, 4) is 6.07 Å². The maximum absolute atomic E-state index is 8.86. The van der Waals surface area contributed by atoms with Crippen molar-refractivity contribution in [2.45, 2.75) is 19.0 Å². The van der Waals surface area contributed by atoms with Crippen molar-refractivity contribution in [1.82, 2.24) is 20.2 Å². The number of nitrogens with zero attached hydrogens (tertiary/aromatic N) is 3. The number of benzene rings is 1. The molecule has 1 fully saturated rings. The molecule has 0 aliphatic carbocycles. The normalized spacial score (nSPS) is 19.3. The summed E-state index contributed by atoms with van der Waals surface area (Å²) >= 11 is 0. The molecule has 1 atom stereocenters. The second-order valence-corrected chi connectivity index (χ2v) is 5.38. The Morgan fingerprint density at radius 1 is 1.33 bits per heavy atom. The van der Waals surface area contributed by atoms with Crippen molar-refractivity contribution in [2.24, 2.45) is 0 Å². The molecule has 2 heterocycles. The SMILES string of the molecule is N#Cc1ccc(CN2CCNCC2Cc2ncc[nH]2)cc1. The molecule has 1 aliphatic heterocycles. The monoisotopic (exact) mass is 281 g/mol. The van der Waals surface area contributed by atoms with Gasteiger partial charge in [0.25, 0.3) is 0 Å². The van der Waals surface area contributed by atoms with Gasteiger partial charge in [-0.3, -0.25) is 4.90 Å². The highest BCUT2D eigenvalue weighted by molar-refractivity contribution is 5.31. The first kappa shape index (κ1) is 13.8. The van der Waals surface area contributed by atoms with Gasteiger partial charge < -0.3 is 10.3 Å². The molecule has 1 unspecified atom stereocenters. The van der Waals surface area contributed by atoms with E-state index in [1.807, 2.05) is 30.5 Å². The second kappa shape index (κ2) is 6.53. The van der Waals surface area contributed by atoms with E-state index in [1.165, 1.54) is 5.56 Å². The fourth-order valence-electron chi connectivity index (χ4n) is 2.76. The average molecular weight is 281 g/mol. The smallest absolute Gasteiger partial charge is 0.107 e. The molecular formula is C16H19N5. The summed E-state index contributed by atoms with van der Waals surface area (Å²) in [5, 5.41) is 12.3. The highest BCUT2D eigenvalue weighted by atomic mass is 15.2. The summed E-state index contributed by atoms with van der Waals surface area (Å²) in [5.74, 6) is 1.04. The van der Waals surface area contributed by atoms with Crippen LogP contribution in [0.15, 0.2) is 36.7 Å². The van der Waals surface area contributed by atoms with Gasteiger partial charge in [0, 0.05) is 51.0 Å². The lowest BCUT2D eigenvalue weighted by Crippen LogP contribution is -2.51. The van der Waals surface area contributed by atoms with Crippen molar-refractivity contribution in [2.75, 3.05) is 19.6 Å². The van der Waals surface area contributed by atoms with Gasteiger partial charge in [0.2, 0.25) is 0 Å². The summed E-state index contributed by atoms with van der Waals surface area (Å²) in [5.41, 5.74) is 1.96. The molecule has 0 amide bonds. The second-order valence-electron chi connectivity index (χ2n) is 5.38. The van der Waals surface area contributed by atoms with Gasteiger partial charge in [0.05, 0.1) is 11.6 Å². The minimum absolute atomic E-state index is 0.445. The number of H-pyrrole nitrogens is 1. The van der Waals surface area contributed by atoms with E-state index in [9.17, 15) is 0 Å². The summed E-state index contributed by atoms with van der Waals surface area (Å²) in [6.45, 7) is 3.95. The molecule has 3 rings (SSSR count). The van der Waals surface area contributed by atoms with Gasteiger partial charge in [-0.1, -0.05) is 12.1 Å². The van der Waals surface area contributed by atoms with Crippen LogP contribution in [0.1, 0.15) is 17.0 Å². The number of aromatic nitrogens is 2. The summed E-state index contributed by atoms with van der Waals surface area (Å²) in [6.07, 6.45) is 4.60. The number of imidazole rings is 1. The first-order valence-corrected chi connectivity index (χ1v) is 7.27. The minimum Gasteiger partial charge on any atom is -0.349 e. The zero-order chi connectivity index (χ0) is 14.5. The molecule has 1 saturated heterocycles. The molecule has 5 nitrogen and oxygen atoms in total. The first-order valence-electron chi connectivity index (χ1n) is 7.27. The number of rotatable bonds is 4. The Hall–Kier alpha value is -2.16.